The fraction of sp³-hybridized carbons (Fsp3) is 0.392. The number of aryl methyl sites for hydroxylation is 2. The van der Waals surface area contributed by atoms with Crippen LogP contribution < -0.4 is 5.30 Å². The summed E-state index contributed by atoms with van der Waals surface area (Å²) in [7, 11) is -0.665. The predicted octanol–water partition coefficient (Wildman–Crippen LogP) is 14.7. The van der Waals surface area contributed by atoms with Crippen LogP contribution in [-0.4, -0.2) is 17.1 Å². The lowest BCUT2D eigenvalue weighted by Gasteiger charge is -2.39. The summed E-state index contributed by atoms with van der Waals surface area (Å²) >= 11 is 0. The minimum Gasteiger partial charge on any atom is -0.300 e. The number of ketones is 1. The molecule has 5 aromatic carbocycles. The Morgan fingerprint density at radius 3 is 1.13 bits per heavy atom. The van der Waals surface area contributed by atoms with Gasteiger partial charge in [0.15, 0.2) is 0 Å². The van der Waals surface area contributed by atoms with Gasteiger partial charge in [-0.15, -0.1) is 0 Å². The van der Waals surface area contributed by atoms with Gasteiger partial charge in [-0.1, -0.05) is 168 Å². The van der Waals surface area contributed by atoms with Crippen molar-refractivity contribution in [1.82, 2.24) is 0 Å². The Bertz CT molecular complexity index is 1930. The molecule has 5 aromatic rings. The van der Waals surface area contributed by atoms with Crippen molar-refractivity contribution < 1.29 is 4.79 Å². The third-order valence-corrected chi connectivity index (χ3v) is 14.9. The summed E-state index contributed by atoms with van der Waals surface area (Å²) in [4.78, 5) is 13.2. The first-order valence-electron chi connectivity index (χ1n) is 20.1. The lowest BCUT2D eigenvalue weighted by atomic mass is 9.79. The first kappa shape index (κ1) is 38.9. The Hall–Kier alpha value is -3.80. The number of rotatable bonds is 9. The van der Waals surface area contributed by atoms with Gasteiger partial charge in [-0.05, 0) is 132 Å². The summed E-state index contributed by atoms with van der Waals surface area (Å²) < 4.78 is 0. The average molecular weight is 721 g/mol. The van der Waals surface area contributed by atoms with E-state index in [0.717, 1.165) is 0 Å². The summed E-state index contributed by atoms with van der Waals surface area (Å²) in [6.07, 6.45) is 1.34. The third kappa shape index (κ3) is 7.62. The maximum Gasteiger partial charge on any atom is 0.134 e. The lowest BCUT2D eigenvalue weighted by Crippen LogP contribution is -2.31. The fourth-order valence-corrected chi connectivity index (χ4v) is 12.4. The van der Waals surface area contributed by atoms with Crippen molar-refractivity contribution in [1.29, 1.82) is 0 Å². The third-order valence-electron chi connectivity index (χ3n) is 11.6. The zero-order valence-corrected chi connectivity index (χ0v) is 35.3. The van der Waals surface area contributed by atoms with Crippen LogP contribution in [-0.2, 0) is 4.79 Å². The van der Waals surface area contributed by atoms with Crippen LogP contribution in [0.15, 0.2) is 91.0 Å². The molecule has 2 heteroatoms. The maximum absolute atomic E-state index is 13.2. The van der Waals surface area contributed by atoms with Crippen LogP contribution >= 0.6 is 7.92 Å². The molecule has 276 valence electrons. The van der Waals surface area contributed by atoms with E-state index in [9.17, 15) is 4.79 Å². The Morgan fingerprint density at radius 2 is 0.811 bits per heavy atom. The largest absolute Gasteiger partial charge is 0.300 e. The molecule has 1 nitrogen and oxygen atoms in total. The Balaban J connectivity index is 1.75. The van der Waals surface area contributed by atoms with Crippen LogP contribution in [0.5, 0.6) is 0 Å². The van der Waals surface area contributed by atoms with Crippen LogP contribution in [0.2, 0.25) is 0 Å². The molecule has 6 rings (SSSR count). The lowest BCUT2D eigenvalue weighted by molar-refractivity contribution is -0.119. The van der Waals surface area contributed by atoms with E-state index in [2.05, 4.69) is 174 Å². The summed E-state index contributed by atoms with van der Waals surface area (Å²) in [5, 5.41) is 1.51. The Morgan fingerprint density at radius 1 is 0.491 bits per heavy atom. The standard InChI is InChI=1S/C51H61OP/c1-30(2)45-26-38(41-20-15-13-18-34(41)9)27-46(31(3)4)49(45)43-22-17-23-44(51(43)53-36(11)24-40(52)25-37(53)12)50-47(32(5)6)28-39(29-48(50)33(7)8)42-21-16-14-19-35(42)10/h13-23,26-33,36-37H,24-25H2,1-12H3. The predicted molar refractivity (Wildman–Crippen MR) is 234 cm³/mol. The number of hydrogen-bond donors (Lipinski definition) is 0. The molecule has 1 aliphatic rings. The SMILES string of the molecule is Cc1ccccc1-c1cc(C(C)C)c(-c2cccc(-c3c(C(C)C)cc(-c4ccccc4C)cc3C(C)C)c2P2C(C)CC(=O)CC2C)c(C(C)C)c1. The minimum absolute atomic E-state index is 0.314. The Kier molecular flexibility index (Phi) is 11.7. The first-order chi connectivity index (χ1) is 25.2. The molecule has 0 spiro atoms. The smallest absolute Gasteiger partial charge is 0.134 e. The minimum atomic E-state index is -0.665. The first-order valence-corrected chi connectivity index (χ1v) is 21.6. The van der Waals surface area contributed by atoms with Gasteiger partial charge in [-0.25, -0.2) is 0 Å². The van der Waals surface area contributed by atoms with Crippen molar-refractivity contribution in [2.24, 2.45) is 0 Å². The number of Topliss-reactive ketones (excluding diaryl/α,β-unsaturated/α-hetero) is 1. The zero-order chi connectivity index (χ0) is 38.3. The molecular formula is C51H61OP. The van der Waals surface area contributed by atoms with E-state index in [4.69, 9.17) is 0 Å². The van der Waals surface area contributed by atoms with Crippen LogP contribution in [0.3, 0.4) is 0 Å². The van der Waals surface area contributed by atoms with Crippen molar-refractivity contribution in [2.75, 3.05) is 0 Å². The van der Waals surface area contributed by atoms with E-state index in [-0.39, 0.29) is 0 Å². The monoisotopic (exact) mass is 720 g/mol. The number of benzene rings is 5. The van der Waals surface area contributed by atoms with E-state index in [1.807, 2.05) is 0 Å². The summed E-state index contributed by atoms with van der Waals surface area (Å²) in [6.45, 7) is 28.1. The van der Waals surface area contributed by atoms with Gasteiger partial charge >= 0.3 is 0 Å². The van der Waals surface area contributed by atoms with E-state index < -0.39 is 7.92 Å². The molecule has 0 aliphatic carbocycles. The van der Waals surface area contributed by atoms with Gasteiger partial charge in [0.2, 0.25) is 0 Å². The highest BCUT2D eigenvalue weighted by molar-refractivity contribution is 7.67. The van der Waals surface area contributed by atoms with Gasteiger partial charge < -0.3 is 0 Å². The fourth-order valence-electron chi connectivity index (χ4n) is 8.96. The summed E-state index contributed by atoms with van der Waals surface area (Å²) in [5.41, 5.74) is 19.7. The van der Waals surface area contributed by atoms with Crippen molar-refractivity contribution in [2.45, 2.75) is 131 Å². The molecule has 0 radical (unpaired) electrons. The molecule has 0 bridgehead atoms. The van der Waals surface area contributed by atoms with Crippen LogP contribution in [0.1, 0.15) is 139 Å². The molecule has 0 N–H and O–H groups in total. The summed E-state index contributed by atoms with van der Waals surface area (Å²) in [6, 6.07) is 34.8. The van der Waals surface area contributed by atoms with E-state index in [1.165, 1.54) is 83.2 Å². The van der Waals surface area contributed by atoms with Gasteiger partial charge in [-0.3, -0.25) is 4.79 Å². The molecule has 1 saturated heterocycles. The van der Waals surface area contributed by atoms with Crippen LogP contribution in [0.25, 0.3) is 44.5 Å². The van der Waals surface area contributed by atoms with Crippen LogP contribution in [0.4, 0.5) is 0 Å². The number of hydrogen-bond acceptors (Lipinski definition) is 1. The van der Waals surface area contributed by atoms with Crippen molar-refractivity contribution >= 4 is 19.0 Å². The zero-order valence-electron chi connectivity index (χ0n) is 34.4. The normalized spacial score (nSPS) is 17.8. The Labute approximate surface area is 322 Å². The van der Waals surface area contributed by atoms with Gasteiger partial charge in [-0.2, -0.15) is 0 Å². The molecule has 2 unspecified atom stereocenters. The molecule has 0 saturated carbocycles. The highest BCUT2D eigenvalue weighted by atomic mass is 31.1. The number of carbonyl (C=O) groups is 1. The molecule has 1 heterocycles. The molecular weight excluding hydrogens is 660 g/mol. The van der Waals surface area contributed by atoms with Gasteiger partial charge in [0.05, 0.1) is 0 Å². The molecule has 1 aliphatic heterocycles. The van der Waals surface area contributed by atoms with Gasteiger partial charge in [0.1, 0.15) is 5.78 Å². The molecule has 0 amide bonds. The van der Waals surface area contributed by atoms with E-state index in [0.29, 0.717) is 53.6 Å². The van der Waals surface area contributed by atoms with Crippen molar-refractivity contribution in [3.05, 3.63) is 124 Å². The second-order valence-corrected chi connectivity index (χ2v) is 20.1. The molecule has 1 fully saturated rings. The van der Waals surface area contributed by atoms with Crippen LogP contribution in [0, 0.1) is 13.8 Å². The van der Waals surface area contributed by atoms with E-state index in [1.54, 1.807) is 0 Å². The topological polar surface area (TPSA) is 17.1 Å². The number of carbonyl (C=O) groups excluding carboxylic acids is 1. The van der Waals surface area contributed by atoms with Gasteiger partial charge in [0, 0.05) is 12.8 Å². The highest BCUT2D eigenvalue weighted by Crippen LogP contribution is 2.57. The van der Waals surface area contributed by atoms with Gasteiger partial charge in [0.25, 0.3) is 0 Å². The molecule has 53 heavy (non-hydrogen) atoms. The molecule has 2 atom stereocenters. The van der Waals surface area contributed by atoms with E-state index >= 15 is 0 Å². The second kappa shape index (κ2) is 15.9. The summed E-state index contributed by atoms with van der Waals surface area (Å²) in [5.74, 6) is 1.77. The second-order valence-electron chi connectivity index (χ2n) is 17.1. The van der Waals surface area contributed by atoms with Crippen molar-refractivity contribution in [3.8, 4) is 44.5 Å². The van der Waals surface area contributed by atoms with Crippen molar-refractivity contribution in [3.63, 3.8) is 0 Å². The average Bonchev–Trinajstić information content (AvgIpc) is 3.10. The highest BCUT2D eigenvalue weighted by Gasteiger charge is 2.37. The quantitative estimate of drug-likeness (QED) is 0.139. The molecule has 0 aromatic heterocycles. The maximum atomic E-state index is 13.2.